The van der Waals surface area contributed by atoms with Crippen molar-refractivity contribution in [3.8, 4) is 0 Å². The van der Waals surface area contributed by atoms with E-state index < -0.39 is 0 Å². The Morgan fingerprint density at radius 3 is 2.42 bits per heavy atom. The first-order valence-electron chi connectivity index (χ1n) is 6.54. The normalized spacial score (nSPS) is 12.7. The molecule has 0 fully saturated rings. The zero-order valence-electron chi connectivity index (χ0n) is 12.1. The number of nitrogens with one attached hydrogen (secondary N) is 1. The quantitative estimate of drug-likeness (QED) is 0.895. The number of aromatic nitrogens is 2. The monoisotopic (exact) mass is 258 g/mol. The van der Waals surface area contributed by atoms with Crippen molar-refractivity contribution in [1.29, 1.82) is 0 Å². The molecule has 0 bridgehead atoms. The second kappa shape index (κ2) is 5.89. The van der Waals surface area contributed by atoms with Gasteiger partial charge in [-0.2, -0.15) is 5.10 Å². The fourth-order valence-corrected chi connectivity index (χ4v) is 2.20. The molecule has 1 N–H and O–H groups in total. The molecule has 0 amide bonds. The van der Waals surface area contributed by atoms with E-state index in [0.29, 0.717) is 0 Å². The van der Waals surface area contributed by atoms with Crippen LogP contribution in [0.25, 0.3) is 0 Å². The number of nitrogens with zero attached hydrogens (tertiary/aromatic N) is 3. The minimum Gasteiger partial charge on any atom is -0.377 e. The maximum Gasteiger partial charge on any atom is 0.0653 e. The number of hydrogen-bond donors (Lipinski definition) is 1. The molecule has 19 heavy (non-hydrogen) atoms. The van der Waals surface area contributed by atoms with Crippen LogP contribution >= 0.6 is 0 Å². The molecule has 0 radical (unpaired) electrons. The lowest BCUT2D eigenvalue weighted by Crippen LogP contribution is -2.12. The van der Waals surface area contributed by atoms with Gasteiger partial charge in [-0.05, 0) is 44.8 Å². The van der Waals surface area contributed by atoms with Crippen molar-refractivity contribution < 1.29 is 0 Å². The Labute approximate surface area is 115 Å². The molecule has 0 aliphatic carbocycles. The molecule has 0 spiro atoms. The predicted octanol–water partition coefficient (Wildman–Crippen LogP) is 2.65. The number of hydrogen-bond acceptors (Lipinski definition) is 3. The largest absolute Gasteiger partial charge is 0.377 e. The van der Waals surface area contributed by atoms with E-state index >= 15 is 0 Å². The SMILES string of the molecule is CC(Nc1ccc(CN(C)C)cc1)c1ccnn1C. The van der Waals surface area contributed by atoms with Crippen molar-refractivity contribution in [2.45, 2.75) is 19.5 Å². The Kier molecular flexibility index (Phi) is 4.22. The van der Waals surface area contributed by atoms with Crippen LogP contribution in [-0.4, -0.2) is 28.8 Å². The van der Waals surface area contributed by atoms with E-state index in [4.69, 9.17) is 0 Å². The highest BCUT2D eigenvalue weighted by atomic mass is 15.3. The van der Waals surface area contributed by atoms with Crippen LogP contribution in [0.4, 0.5) is 5.69 Å². The van der Waals surface area contributed by atoms with Crippen molar-refractivity contribution in [3.63, 3.8) is 0 Å². The van der Waals surface area contributed by atoms with E-state index in [1.165, 1.54) is 11.3 Å². The lowest BCUT2D eigenvalue weighted by Gasteiger charge is -2.16. The second-order valence-electron chi connectivity index (χ2n) is 5.18. The molecule has 102 valence electrons. The number of aryl methyl sites for hydroxylation is 1. The molecule has 1 atom stereocenters. The smallest absolute Gasteiger partial charge is 0.0653 e. The van der Waals surface area contributed by atoms with Crippen LogP contribution in [0.3, 0.4) is 0 Å². The maximum atomic E-state index is 4.20. The van der Waals surface area contributed by atoms with E-state index in [2.05, 4.69) is 60.6 Å². The molecular formula is C15H22N4. The van der Waals surface area contributed by atoms with Crippen molar-refractivity contribution in [2.24, 2.45) is 7.05 Å². The van der Waals surface area contributed by atoms with E-state index in [9.17, 15) is 0 Å². The summed E-state index contributed by atoms with van der Waals surface area (Å²) in [7, 11) is 6.13. The summed E-state index contributed by atoms with van der Waals surface area (Å²) in [5.41, 5.74) is 3.64. The van der Waals surface area contributed by atoms with Gasteiger partial charge < -0.3 is 10.2 Å². The molecular weight excluding hydrogens is 236 g/mol. The van der Waals surface area contributed by atoms with Gasteiger partial charge in [-0.1, -0.05) is 12.1 Å². The van der Waals surface area contributed by atoms with Gasteiger partial charge in [0.2, 0.25) is 0 Å². The lowest BCUT2D eigenvalue weighted by molar-refractivity contribution is 0.402. The minimum atomic E-state index is 0.243. The summed E-state index contributed by atoms with van der Waals surface area (Å²) in [6, 6.07) is 10.9. The van der Waals surface area contributed by atoms with E-state index in [-0.39, 0.29) is 6.04 Å². The van der Waals surface area contributed by atoms with Gasteiger partial charge in [-0.15, -0.1) is 0 Å². The van der Waals surface area contributed by atoms with E-state index in [1.54, 1.807) is 0 Å². The lowest BCUT2D eigenvalue weighted by atomic mass is 10.1. The summed E-state index contributed by atoms with van der Waals surface area (Å²) in [5, 5.41) is 7.69. The van der Waals surface area contributed by atoms with Crippen LogP contribution in [0.2, 0.25) is 0 Å². The number of anilines is 1. The fraction of sp³-hybridized carbons (Fsp3) is 0.400. The Bertz CT molecular complexity index is 513. The maximum absolute atomic E-state index is 4.20. The minimum absolute atomic E-state index is 0.243. The Morgan fingerprint density at radius 2 is 1.89 bits per heavy atom. The molecule has 2 aromatic rings. The average molecular weight is 258 g/mol. The molecule has 2 rings (SSSR count). The zero-order chi connectivity index (χ0) is 13.8. The van der Waals surface area contributed by atoms with Crippen LogP contribution in [0.5, 0.6) is 0 Å². The highest BCUT2D eigenvalue weighted by Gasteiger charge is 2.08. The van der Waals surface area contributed by atoms with Gasteiger partial charge in [0.05, 0.1) is 11.7 Å². The van der Waals surface area contributed by atoms with Crippen molar-refractivity contribution >= 4 is 5.69 Å². The molecule has 4 nitrogen and oxygen atoms in total. The summed E-state index contributed by atoms with van der Waals surface area (Å²) in [6.07, 6.45) is 1.83. The Hall–Kier alpha value is -1.81. The molecule has 0 saturated carbocycles. The second-order valence-corrected chi connectivity index (χ2v) is 5.18. The standard InChI is InChI=1S/C15H22N4/c1-12(15-9-10-16-19(15)4)17-14-7-5-13(6-8-14)11-18(2)3/h5-10,12,17H,11H2,1-4H3. The van der Waals surface area contributed by atoms with Crippen LogP contribution in [0.15, 0.2) is 36.5 Å². The van der Waals surface area contributed by atoms with Crippen molar-refractivity contribution in [2.75, 3.05) is 19.4 Å². The first kappa shape index (κ1) is 13.6. The van der Waals surface area contributed by atoms with E-state index in [1.807, 2.05) is 24.0 Å². The van der Waals surface area contributed by atoms with Gasteiger partial charge in [-0.3, -0.25) is 4.68 Å². The highest BCUT2D eigenvalue weighted by Crippen LogP contribution is 2.19. The third-order valence-electron chi connectivity index (χ3n) is 3.14. The zero-order valence-corrected chi connectivity index (χ0v) is 12.1. The molecule has 1 aromatic heterocycles. The van der Waals surface area contributed by atoms with Crippen molar-refractivity contribution in [3.05, 3.63) is 47.8 Å². The van der Waals surface area contributed by atoms with Gasteiger partial charge in [0.25, 0.3) is 0 Å². The number of benzene rings is 1. The molecule has 1 aromatic carbocycles. The summed E-state index contributed by atoms with van der Waals surface area (Å²) < 4.78 is 1.90. The number of rotatable bonds is 5. The molecule has 0 aliphatic heterocycles. The fourth-order valence-electron chi connectivity index (χ4n) is 2.20. The van der Waals surface area contributed by atoms with Gasteiger partial charge in [-0.25, -0.2) is 0 Å². The third kappa shape index (κ3) is 3.58. The first-order chi connectivity index (χ1) is 9.06. The molecule has 1 unspecified atom stereocenters. The average Bonchev–Trinajstić information content (AvgIpc) is 2.77. The Morgan fingerprint density at radius 1 is 1.21 bits per heavy atom. The van der Waals surface area contributed by atoms with Crippen LogP contribution < -0.4 is 5.32 Å². The third-order valence-corrected chi connectivity index (χ3v) is 3.14. The molecule has 0 saturated heterocycles. The summed E-state index contributed by atoms with van der Waals surface area (Å²) in [6.45, 7) is 3.11. The van der Waals surface area contributed by atoms with Crippen LogP contribution in [-0.2, 0) is 13.6 Å². The van der Waals surface area contributed by atoms with Gasteiger partial charge in [0, 0.05) is 25.5 Å². The highest BCUT2D eigenvalue weighted by molar-refractivity contribution is 5.46. The topological polar surface area (TPSA) is 33.1 Å². The summed E-state index contributed by atoms with van der Waals surface area (Å²) in [5.74, 6) is 0. The molecule has 0 aliphatic rings. The van der Waals surface area contributed by atoms with Crippen molar-refractivity contribution in [1.82, 2.24) is 14.7 Å². The van der Waals surface area contributed by atoms with Crippen LogP contribution in [0.1, 0.15) is 24.2 Å². The molecule has 4 heteroatoms. The Balaban J connectivity index is 2.01. The van der Waals surface area contributed by atoms with Gasteiger partial charge in [0.15, 0.2) is 0 Å². The van der Waals surface area contributed by atoms with Gasteiger partial charge in [0.1, 0.15) is 0 Å². The summed E-state index contributed by atoms with van der Waals surface area (Å²) >= 11 is 0. The van der Waals surface area contributed by atoms with Crippen LogP contribution in [0, 0.1) is 0 Å². The van der Waals surface area contributed by atoms with Gasteiger partial charge >= 0.3 is 0 Å². The molecule has 1 heterocycles. The van der Waals surface area contributed by atoms with E-state index in [0.717, 1.165) is 12.2 Å². The predicted molar refractivity (Wildman–Crippen MR) is 79.1 cm³/mol. The first-order valence-corrected chi connectivity index (χ1v) is 6.54. The summed E-state index contributed by atoms with van der Waals surface area (Å²) in [4.78, 5) is 2.17.